The first-order chi connectivity index (χ1) is 10.5. The Labute approximate surface area is 130 Å². The summed E-state index contributed by atoms with van der Waals surface area (Å²) in [6.07, 6.45) is 0.872. The molecule has 5 nitrogen and oxygen atoms in total. The van der Waals surface area contributed by atoms with Gasteiger partial charge in [-0.1, -0.05) is 18.6 Å². The number of pyridine rings is 1. The molecule has 2 heterocycles. The molecule has 0 radical (unpaired) electrons. The second-order valence-corrected chi connectivity index (χ2v) is 5.98. The first-order valence-electron chi connectivity index (χ1n) is 7.71. The Hall–Kier alpha value is -1.98. The fourth-order valence-electron chi connectivity index (χ4n) is 3.35. The van der Waals surface area contributed by atoms with Crippen molar-refractivity contribution >= 4 is 16.8 Å². The van der Waals surface area contributed by atoms with Crippen molar-refractivity contribution in [2.24, 2.45) is 5.84 Å². The molecular formula is C17H22N4O. The van der Waals surface area contributed by atoms with E-state index in [2.05, 4.69) is 23.3 Å². The van der Waals surface area contributed by atoms with Crippen molar-refractivity contribution in [2.45, 2.75) is 33.7 Å². The van der Waals surface area contributed by atoms with Crippen LogP contribution in [0.2, 0.25) is 0 Å². The molecule has 22 heavy (non-hydrogen) atoms. The highest BCUT2D eigenvalue weighted by Gasteiger charge is 2.25. The quantitative estimate of drug-likeness (QED) is 0.504. The molecule has 1 aromatic heterocycles. The highest BCUT2D eigenvalue weighted by Crippen LogP contribution is 2.30. The van der Waals surface area contributed by atoms with Gasteiger partial charge in [0.1, 0.15) is 0 Å². The van der Waals surface area contributed by atoms with Crippen molar-refractivity contribution in [3.05, 3.63) is 40.1 Å². The van der Waals surface area contributed by atoms with Gasteiger partial charge in [0.2, 0.25) is 0 Å². The lowest BCUT2D eigenvalue weighted by Crippen LogP contribution is -2.36. The minimum atomic E-state index is -0.230. The number of carbonyl (C=O) groups is 1. The molecule has 1 aromatic carbocycles. The SMILES string of the molecule is CCN1CCc2nc3c(C)cc(C)cc3c(C(=O)NN)c2C1. The normalized spacial score (nSPS) is 14.9. The number of fused-ring (bicyclic) bond motifs is 2. The van der Waals surface area contributed by atoms with Gasteiger partial charge in [0, 0.05) is 36.2 Å². The lowest BCUT2D eigenvalue weighted by atomic mass is 9.93. The number of carbonyl (C=O) groups excluding carboxylic acids is 1. The minimum absolute atomic E-state index is 0.230. The van der Waals surface area contributed by atoms with E-state index in [-0.39, 0.29) is 5.91 Å². The van der Waals surface area contributed by atoms with Crippen molar-refractivity contribution in [1.82, 2.24) is 15.3 Å². The average Bonchev–Trinajstić information content (AvgIpc) is 2.51. The summed E-state index contributed by atoms with van der Waals surface area (Å²) in [4.78, 5) is 19.6. The Bertz CT molecular complexity index is 754. The summed E-state index contributed by atoms with van der Waals surface area (Å²) >= 11 is 0. The smallest absolute Gasteiger partial charge is 0.266 e. The molecule has 1 aliphatic rings. The van der Waals surface area contributed by atoms with Gasteiger partial charge < -0.3 is 0 Å². The third kappa shape index (κ3) is 2.36. The summed E-state index contributed by atoms with van der Waals surface area (Å²) < 4.78 is 0. The molecule has 0 fully saturated rings. The monoisotopic (exact) mass is 298 g/mol. The van der Waals surface area contributed by atoms with Gasteiger partial charge >= 0.3 is 0 Å². The molecular weight excluding hydrogens is 276 g/mol. The van der Waals surface area contributed by atoms with Crippen LogP contribution in [0, 0.1) is 13.8 Å². The van der Waals surface area contributed by atoms with Crippen LogP contribution in [-0.2, 0) is 13.0 Å². The summed E-state index contributed by atoms with van der Waals surface area (Å²) in [7, 11) is 0. The van der Waals surface area contributed by atoms with E-state index in [1.165, 1.54) is 0 Å². The van der Waals surface area contributed by atoms with Crippen LogP contribution in [0.1, 0.15) is 39.7 Å². The topological polar surface area (TPSA) is 71.2 Å². The predicted molar refractivity (Wildman–Crippen MR) is 87.5 cm³/mol. The number of aromatic nitrogens is 1. The van der Waals surface area contributed by atoms with E-state index in [4.69, 9.17) is 10.8 Å². The van der Waals surface area contributed by atoms with Gasteiger partial charge in [-0.2, -0.15) is 0 Å². The number of hydrogen-bond acceptors (Lipinski definition) is 4. The summed E-state index contributed by atoms with van der Waals surface area (Å²) in [6, 6.07) is 4.14. The first kappa shape index (κ1) is 14.9. The number of likely N-dealkylation sites (N-methyl/N-ethyl adjacent to an activating group) is 1. The number of hydrogen-bond donors (Lipinski definition) is 2. The second kappa shape index (κ2) is 5.66. The Morgan fingerprint density at radius 1 is 1.41 bits per heavy atom. The van der Waals surface area contributed by atoms with Gasteiger partial charge in [-0.3, -0.25) is 20.1 Å². The van der Waals surface area contributed by atoms with Gasteiger partial charge in [0.25, 0.3) is 5.91 Å². The molecule has 0 unspecified atom stereocenters. The Morgan fingerprint density at radius 3 is 2.86 bits per heavy atom. The molecule has 0 atom stereocenters. The number of nitrogens with two attached hydrogens (primary N) is 1. The van der Waals surface area contributed by atoms with Crippen LogP contribution < -0.4 is 11.3 Å². The molecule has 0 spiro atoms. The molecule has 3 rings (SSSR count). The Kier molecular flexibility index (Phi) is 3.85. The molecule has 1 aliphatic heterocycles. The molecule has 0 bridgehead atoms. The second-order valence-electron chi connectivity index (χ2n) is 5.98. The number of rotatable bonds is 2. The molecule has 1 amide bonds. The van der Waals surface area contributed by atoms with Crippen LogP contribution in [0.25, 0.3) is 10.9 Å². The number of nitrogen functional groups attached to an aromatic ring is 1. The van der Waals surface area contributed by atoms with E-state index < -0.39 is 0 Å². The van der Waals surface area contributed by atoms with Gasteiger partial charge in [-0.15, -0.1) is 0 Å². The van der Waals surface area contributed by atoms with Gasteiger partial charge in [0.15, 0.2) is 0 Å². The maximum absolute atomic E-state index is 12.4. The molecule has 3 N–H and O–H groups in total. The third-order valence-electron chi connectivity index (χ3n) is 4.46. The maximum Gasteiger partial charge on any atom is 0.266 e. The zero-order valence-electron chi connectivity index (χ0n) is 13.4. The number of aryl methyl sites for hydroxylation is 2. The fourth-order valence-corrected chi connectivity index (χ4v) is 3.35. The summed E-state index contributed by atoms with van der Waals surface area (Å²) in [5.41, 5.74) is 8.18. The van der Waals surface area contributed by atoms with E-state index in [0.717, 1.165) is 59.3 Å². The number of hydrazine groups is 1. The van der Waals surface area contributed by atoms with Gasteiger partial charge in [-0.25, -0.2) is 5.84 Å². The van der Waals surface area contributed by atoms with E-state index in [0.29, 0.717) is 5.56 Å². The number of nitrogens with zero attached hydrogens (tertiary/aromatic N) is 2. The summed E-state index contributed by atoms with van der Waals surface area (Å²) in [5.74, 6) is 5.21. The van der Waals surface area contributed by atoms with Crippen LogP contribution in [0.15, 0.2) is 12.1 Å². The van der Waals surface area contributed by atoms with E-state index >= 15 is 0 Å². The first-order valence-corrected chi connectivity index (χ1v) is 7.71. The minimum Gasteiger partial charge on any atom is -0.299 e. The number of nitrogens with one attached hydrogen (secondary N) is 1. The molecule has 116 valence electrons. The predicted octanol–water partition coefficient (Wildman–Crippen LogP) is 1.83. The van der Waals surface area contributed by atoms with Crippen molar-refractivity contribution in [2.75, 3.05) is 13.1 Å². The van der Waals surface area contributed by atoms with Crippen molar-refractivity contribution in [3.63, 3.8) is 0 Å². The third-order valence-corrected chi connectivity index (χ3v) is 4.46. The lowest BCUT2D eigenvalue weighted by Gasteiger charge is -2.29. The highest BCUT2D eigenvalue weighted by atomic mass is 16.2. The zero-order chi connectivity index (χ0) is 15.9. The van der Waals surface area contributed by atoms with Crippen LogP contribution in [0.3, 0.4) is 0 Å². The standard InChI is InChI=1S/C17H22N4O/c1-4-21-6-5-14-13(9-21)15(17(22)20-18)12-8-10(2)7-11(3)16(12)19-14/h7-8H,4-6,9,18H2,1-3H3,(H,20,22). The molecule has 0 saturated heterocycles. The van der Waals surface area contributed by atoms with Crippen LogP contribution >= 0.6 is 0 Å². The van der Waals surface area contributed by atoms with E-state index in [1.54, 1.807) is 0 Å². The van der Waals surface area contributed by atoms with Gasteiger partial charge in [0.05, 0.1) is 11.1 Å². The van der Waals surface area contributed by atoms with E-state index in [9.17, 15) is 4.79 Å². The number of benzene rings is 1. The summed E-state index contributed by atoms with van der Waals surface area (Å²) in [6.45, 7) is 8.92. The van der Waals surface area contributed by atoms with Crippen molar-refractivity contribution in [3.8, 4) is 0 Å². The van der Waals surface area contributed by atoms with Crippen LogP contribution in [0.5, 0.6) is 0 Å². The molecule has 5 heteroatoms. The van der Waals surface area contributed by atoms with Crippen LogP contribution in [0.4, 0.5) is 0 Å². The van der Waals surface area contributed by atoms with Crippen molar-refractivity contribution < 1.29 is 4.79 Å². The van der Waals surface area contributed by atoms with E-state index in [1.807, 2.05) is 19.9 Å². The summed E-state index contributed by atoms with van der Waals surface area (Å²) in [5, 5.41) is 0.900. The van der Waals surface area contributed by atoms with Crippen molar-refractivity contribution in [1.29, 1.82) is 0 Å². The number of amides is 1. The lowest BCUT2D eigenvalue weighted by molar-refractivity contribution is 0.0952. The molecule has 0 aliphatic carbocycles. The highest BCUT2D eigenvalue weighted by molar-refractivity contribution is 6.08. The average molecular weight is 298 g/mol. The Balaban J connectivity index is 2.34. The molecule has 2 aromatic rings. The zero-order valence-corrected chi connectivity index (χ0v) is 13.4. The molecule has 0 saturated carbocycles. The van der Waals surface area contributed by atoms with Crippen LogP contribution in [-0.4, -0.2) is 28.9 Å². The van der Waals surface area contributed by atoms with Gasteiger partial charge in [-0.05, 0) is 32.0 Å². The fraction of sp³-hybridized carbons (Fsp3) is 0.412. The Morgan fingerprint density at radius 2 is 2.18 bits per heavy atom. The maximum atomic E-state index is 12.4. The largest absolute Gasteiger partial charge is 0.299 e.